The number of fused-ring (bicyclic) bond motifs is 8. The molecule has 3 unspecified atom stereocenters. The van der Waals surface area contributed by atoms with Crippen molar-refractivity contribution in [1.29, 1.82) is 0 Å². The van der Waals surface area contributed by atoms with Crippen LogP contribution in [0.15, 0.2) is 356 Å². The summed E-state index contributed by atoms with van der Waals surface area (Å²) in [7, 11) is 0. The molecule has 5 radical (unpaired) electrons. The smallest absolute Gasteiger partial charge is 0.454 e. The van der Waals surface area contributed by atoms with E-state index in [1.54, 1.807) is 42.1 Å². The number of aliphatic hydroxyl groups excluding tert-OH is 5. The van der Waals surface area contributed by atoms with Crippen LogP contribution in [0.1, 0.15) is 52.0 Å². The Hall–Kier alpha value is -9.54. The van der Waals surface area contributed by atoms with Crippen molar-refractivity contribution in [3.8, 4) is 33.1 Å². The maximum atomic E-state index is 11.7. The Morgan fingerprint density at radius 2 is 1.07 bits per heavy atom. The number of aliphatic hydroxyl groups is 5. The van der Waals surface area contributed by atoms with E-state index in [1.165, 1.54) is 95.9 Å². The van der Waals surface area contributed by atoms with Gasteiger partial charge in [-0.2, -0.15) is 13.2 Å². The van der Waals surface area contributed by atoms with Gasteiger partial charge in [-0.25, -0.2) is 11.3 Å². The molecule has 0 spiro atoms. The molecule has 0 amide bonds. The van der Waals surface area contributed by atoms with Gasteiger partial charge in [0.25, 0.3) is 5.78 Å². The number of allylic oxidation sites excluding steroid dienone is 11. The molecule has 0 bridgehead atoms. The maximum Gasteiger partial charge on any atom is 0.454 e. The number of thiophene rings is 2. The fourth-order valence-electron chi connectivity index (χ4n) is 11.4. The average Bonchev–Trinajstić information content (AvgIpc) is 1.71. The van der Waals surface area contributed by atoms with Gasteiger partial charge in [0, 0.05) is 201 Å². The maximum absolute atomic E-state index is 11.7. The first-order valence-electron chi connectivity index (χ1n) is 36.4. The summed E-state index contributed by atoms with van der Waals surface area (Å²) in [6.45, 7) is 8.80. The summed E-state index contributed by atoms with van der Waals surface area (Å²) >= 11 is 2.78. The van der Waals surface area contributed by atoms with Gasteiger partial charge in [-0.1, -0.05) is 169 Å². The minimum absolute atomic E-state index is 0. The summed E-state index contributed by atoms with van der Waals surface area (Å²) in [5, 5.41) is 53.8. The van der Waals surface area contributed by atoms with Crippen molar-refractivity contribution < 1.29 is 183 Å². The predicted molar refractivity (Wildman–Crippen MR) is 465 cm³/mol. The molecule has 3 atom stereocenters. The van der Waals surface area contributed by atoms with E-state index in [9.17, 15) is 27.6 Å². The van der Waals surface area contributed by atoms with Crippen LogP contribution in [0.5, 0.6) is 0 Å². The zero-order chi connectivity index (χ0) is 82.8. The van der Waals surface area contributed by atoms with Gasteiger partial charge in [-0.3, -0.25) is 29.3 Å². The van der Waals surface area contributed by atoms with Gasteiger partial charge in [0.2, 0.25) is 0 Å². The first kappa shape index (κ1) is 104. The van der Waals surface area contributed by atoms with E-state index in [4.69, 9.17) is 25.5 Å². The van der Waals surface area contributed by atoms with Gasteiger partial charge in [0.15, 0.2) is 11.6 Å². The number of benzene rings is 8. The van der Waals surface area contributed by atoms with Gasteiger partial charge < -0.3 is 40.5 Å². The summed E-state index contributed by atoms with van der Waals surface area (Å²) in [6, 6.07) is 93.5. The number of hydrogen-bond donors (Lipinski definition) is 5. The number of aromatic nitrogens is 5. The van der Waals surface area contributed by atoms with Crippen LogP contribution in [-0.2, 0) is 94.8 Å². The quantitative estimate of drug-likeness (QED) is 0.0392. The molecule has 0 fully saturated rings. The minimum Gasteiger partial charge on any atom is -0.513 e. The second-order valence-corrected chi connectivity index (χ2v) is 27.7. The largest absolute Gasteiger partial charge is 0.513 e. The van der Waals surface area contributed by atoms with Crippen LogP contribution in [-0.4, -0.2) is 85.8 Å². The standard InChI is InChI=1S/C19H14N.2C15H10N.C13H8NS.C12H8N2.C8H5F3O2S.C5H10O2.2C5H8O2.Eu.4Ir/c1-2-7-16-13-17(10-9-14(16)5-1)19-18-8-4-3-6-15(18)11-12-20-19;1-2-7-13(8-3-1)15-14-9-5-4-6-12(14)10-11-16-15;1-2-6-12(7-3-1)15-11-10-13-8-4-5-9-14(13)16-15;1-2-7-12-10(5-1)9-13(15-12)11-6-3-4-8-14-11;1-3-9-5-6-10-4-2-8-14-12(10)11(9)13-7-1;9-8(10,11)7(13)4-5(12)6-2-1-3-14-6;3*1-4(6)3-5(2)7;;;;;/h1-9,11-13,15,18H;1-7,9-11H;1-6,8-11H;1-8H;1-8H;1-4,12H;3-4,6-7H,1-2H3;2*3,6H,1-2H3;;;;;/q4*-1;;;;;;;;;;. The molecule has 8 heterocycles. The molecule has 627 valence electrons. The third-order valence-electron chi connectivity index (χ3n) is 16.4. The third-order valence-corrected chi connectivity index (χ3v) is 18.4. The minimum atomic E-state index is -4.94. The molecule has 24 heteroatoms. The second-order valence-electron chi connectivity index (χ2n) is 25.7. The second kappa shape index (κ2) is 54.1. The Kier molecular flexibility index (Phi) is 46.4. The monoisotopic (exact) mass is 2500 g/mol. The number of carbonyl (C=O) groups is 3. The van der Waals surface area contributed by atoms with Crippen molar-refractivity contribution in [3.63, 3.8) is 0 Å². The van der Waals surface area contributed by atoms with Crippen molar-refractivity contribution in [2.45, 2.75) is 53.8 Å². The molecule has 1 aliphatic heterocycles. The summed E-state index contributed by atoms with van der Waals surface area (Å²) in [5.41, 5.74) is 10.2. The fraction of sp³-hybridized carbons (Fsp3) is 0.103. The van der Waals surface area contributed by atoms with Crippen LogP contribution in [0.4, 0.5) is 13.2 Å². The summed E-state index contributed by atoms with van der Waals surface area (Å²) in [6.07, 6.45) is 18.4. The van der Waals surface area contributed by atoms with Crippen molar-refractivity contribution >= 4 is 116 Å². The Balaban J connectivity index is 0.000000290. The molecule has 2 aliphatic rings. The van der Waals surface area contributed by atoms with E-state index in [2.05, 4.69) is 188 Å². The zero-order valence-corrected chi connectivity index (χ0v) is 79.4. The SMILES string of the molecule is CC(=O)C=C(C)O.CC(=O)C=C(C)O.CC(O)=CC(C)O.O=C(C=C(O)c1cccs1)C(F)(F)F.[Eu].[Ir].[Ir].[Ir].[Ir].[c-]1c(-c2ccccn2)sc2ccccc12.[c-]1cc2ccccc2cc1C1=NC=CC2C=CC=CC12.[c-]1ccccc1-c1ccc2ccccc2n1.[c-]1ccccc1-c1nccc2ccccc12.c1cnc2c(c1)ccc1cccnc12. The van der Waals surface area contributed by atoms with E-state index < -0.39 is 23.8 Å². The van der Waals surface area contributed by atoms with Gasteiger partial charge >= 0.3 is 6.18 Å². The number of hydrogen-bond acceptors (Lipinski definition) is 16. The molecular formula is C97H81EuF3Ir4N6O8S2-4. The number of nitrogens with zero attached hydrogens (tertiary/aromatic N) is 6. The number of alkyl halides is 3. The van der Waals surface area contributed by atoms with Crippen molar-refractivity contribution in [2.24, 2.45) is 16.8 Å². The third kappa shape index (κ3) is 34.0. The van der Waals surface area contributed by atoms with Crippen LogP contribution in [0, 0.1) is 85.5 Å². The topological polar surface area (TPSA) is 229 Å². The molecule has 5 N–H and O–H groups in total. The number of para-hydroxylation sites is 1. The van der Waals surface area contributed by atoms with E-state index in [-0.39, 0.29) is 170 Å². The number of rotatable bonds is 9. The first-order chi connectivity index (χ1) is 56.0. The van der Waals surface area contributed by atoms with E-state index in [0.717, 1.165) is 83.0 Å². The van der Waals surface area contributed by atoms with Crippen LogP contribution >= 0.6 is 22.7 Å². The number of ketones is 3. The summed E-state index contributed by atoms with van der Waals surface area (Å²) in [4.78, 5) is 58.5. The molecule has 17 rings (SSSR count). The Bertz CT molecular complexity index is 5920. The van der Waals surface area contributed by atoms with Crippen LogP contribution in [0.2, 0.25) is 0 Å². The van der Waals surface area contributed by atoms with Gasteiger partial charge in [-0.05, 0) is 138 Å². The van der Waals surface area contributed by atoms with E-state index in [1.807, 2.05) is 146 Å². The molecule has 7 aromatic heterocycles. The van der Waals surface area contributed by atoms with Crippen LogP contribution < -0.4 is 0 Å². The zero-order valence-electron chi connectivity index (χ0n) is 65.8. The number of halogens is 3. The molecule has 15 aromatic rings. The summed E-state index contributed by atoms with van der Waals surface area (Å²) < 4.78 is 36.5. The number of carbonyl (C=O) groups excluding carboxylic acids is 3. The predicted octanol–water partition coefficient (Wildman–Crippen LogP) is 23.9. The van der Waals surface area contributed by atoms with E-state index >= 15 is 0 Å². The molecule has 14 nitrogen and oxygen atoms in total. The average molecular weight is 2500 g/mol. The number of aliphatic imine (C=N–C) groups is 1. The fourth-order valence-corrected chi connectivity index (χ4v) is 13.0. The van der Waals surface area contributed by atoms with Crippen LogP contribution in [0.25, 0.3) is 103 Å². The Morgan fingerprint density at radius 1 is 0.504 bits per heavy atom. The molecule has 0 saturated carbocycles. The van der Waals surface area contributed by atoms with Crippen LogP contribution in [0.3, 0.4) is 0 Å². The van der Waals surface area contributed by atoms with Crippen molar-refractivity contribution in [2.75, 3.05) is 0 Å². The van der Waals surface area contributed by atoms with Gasteiger partial charge in [-0.15, -0.1) is 136 Å². The Morgan fingerprint density at radius 3 is 1.63 bits per heavy atom. The molecule has 1 aliphatic carbocycles. The molecular weight excluding hydrogens is 2420 g/mol. The molecule has 8 aromatic carbocycles. The van der Waals surface area contributed by atoms with Crippen molar-refractivity contribution in [1.82, 2.24) is 24.9 Å². The number of pyridine rings is 5. The summed E-state index contributed by atoms with van der Waals surface area (Å²) in [5.74, 6) is -1.93. The molecule has 0 saturated heterocycles. The first-order valence-corrected chi connectivity index (χ1v) is 38.1. The van der Waals surface area contributed by atoms with Crippen molar-refractivity contribution in [3.05, 3.63) is 386 Å². The van der Waals surface area contributed by atoms with E-state index in [0.29, 0.717) is 11.8 Å². The Labute approximate surface area is 804 Å². The molecule has 121 heavy (non-hydrogen) atoms. The van der Waals surface area contributed by atoms with Gasteiger partial charge in [0.1, 0.15) is 5.76 Å². The normalized spacial score (nSPS) is 13.1. The van der Waals surface area contributed by atoms with Gasteiger partial charge in [0.05, 0.1) is 44.8 Å².